The monoisotopic (exact) mass is 303 g/mol. The second-order valence-electron chi connectivity index (χ2n) is 3.53. The highest BCUT2D eigenvalue weighted by atomic mass is 35.5. The number of rotatable bonds is 4. The highest BCUT2D eigenvalue weighted by molar-refractivity contribution is 7.09. The molecule has 4 N–H and O–H groups in total. The van der Waals surface area contributed by atoms with E-state index in [0.717, 1.165) is 10.7 Å². The van der Waals surface area contributed by atoms with E-state index in [4.69, 9.17) is 29.0 Å². The van der Waals surface area contributed by atoms with Gasteiger partial charge in [0, 0.05) is 11.1 Å². The highest BCUT2D eigenvalue weighted by Gasteiger charge is 2.09. The second-order valence-corrected chi connectivity index (χ2v) is 5.29. The molecule has 2 aromatic heterocycles. The van der Waals surface area contributed by atoms with Crippen LogP contribution < -0.4 is 16.6 Å². The first-order chi connectivity index (χ1) is 8.60. The van der Waals surface area contributed by atoms with Crippen molar-refractivity contribution in [3.8, 4) is 0 Å². The van der Waals surface area contributed by atoms with Crippen molar-refractivity contribution in [1.82, 2.24) is 9.97 Å². The number of hydrogen-bond acceptors (Lipinski definition) is 6. The number of aromatic nitrogens is 2. The summed E-state index contributed by atoms with van der Waals surface area (Å²) in [4.78, 5) is 8.51. The summed E-state index contributed by atoms with van der Waals surface area (Å²) in [7, 11) is 0. The van der Waals surface area contributed by atoms with Crippen molar-refractivity contribution in [1.29, 1.82) is 0 Å². The number of thiazole rings is 1. The summed E-state index contributed by atoms with van der Waals surface area (Å²) in [6, 6.07) is 1.58. The molecular formula is C10H11Cl2N5S. The maximum Gasteiger partial charge on any atom is 0.161 e. The topological polar surface area (TPSA) is 75.9 Å². The van der Waals surface area contributed by atoms with Crippen LogP contribution in [0.1, 0.15) is 10.7 Å². The third kappa shape index (κ3) is 3.02. The lowest BCUT2D eigenvalue weighted by Crippen LogP contribution is -2.11. The summed E-state index contributed by atoms with van der Waals surface area (Å²) < 4.78 is 0. The fourth-order valence-electron chi connectivity index (χ4n) is 1.34. The molecule has 8 heteroatoms. The Morgan fingerprint density at radius 2 is 2.00 bits per heavy atom. The number of hydrazine groups is 1. The molecule has 2 aromatic rings. The van der Waals surface area contributed by atoms with Crippen molar-refractivity contribution < 1.29 is 0 Å². The van der Waals surface area contributed by atoms with E-state index in [0.29, 0.717) is 28.2 Å². The zero-order valence-electron chi connectivity index (χ0n) is 9.50. The summed E-state index contributed by atoms with van der Waals surface area (Å²) in [5.74, 6) is 6.19. The molecule has 0 aliphatic rings. The van der Waals surface area contributed by atoms with E-state index < -0.39 is 0 Å². The lowest BCUT2D eigenvalue weighted by molar-refractivity contribution is 1.06. The molecule has 0 radical (unpaired) electrons. The number of nitrogens with zero attached hydrogens (tertiary/aromatic N) is 2. The Morgan fingerprint density at radius 1 is 1.28 bits per heavy atom. The molecule has 0 saturated carbocycles. The van der Waals surface area contributed by atoms with Gasteiger partial charge in [-0.3, -0.25) is 0 Å². The Kier molecular flexibility index (Phi) is 4.23. The van der Waals surface area contributed by atoms with Crippen LogP contribution in [0.15, 0.2) is 11.4 Å². The molecule has 0 amide bonds. The number of hydrogen-bond donors (Lipinski definition) is 3. The van der Waals surface area contributed by atoms with Crippen LogP contribution in [-0.2, 0) is 6.54 Å². The number of aryl methyl sites for hydroxylation is 1. The smallest absolute Gasteiger partial charge is 0.161 e. The van der Waals surface area contributed by atoms with E-state index in [-0.39, 0.29) is 0 Å². The van der Waals surface area contributed by atoms with Crippen LogP contribution in [0.5, 0.6) is 0 Å². The molecule has 2 rings (SSSR count). The lowest BCUT2D eigenvalue weighted by atomic mass is 10.4. The van der Waals surface area contributed by atoms with Gasteiger partial charge in [-0.1, -0.05) is 23.2 Å². The summed E-state index contributed by atoms with van der Waals surface area (Å²) in [5.41, 5.74) is 3.41. The van der Waals surface area contributed by atoms with Crippen molar-refractivity contribution in [2.75, 3.05) is 10.7 Å². The van der Waals surface area contributed by atoms with Crippen LogP contribution in [0.3, 0.4) is 0 Å². The summed E-state index contributed by atoms with van der Waals surface area (Å²) >= 11 is 13.5. The minimum atomic E-state index is 0.373. The van der Waals surface area contributed by atoms with Gasteiger partial charge in [-0.05, 0) is 13.0 Å². The number of nitrogens with one attached hydrogen (secondary N) is 2. The summed E-state index contributed by atoms with van der Waals surface area (Å²) in [5, 5.41) is 6.85. The third-order valence-electron chi connectivity index (χ3n) is 2.14. The van der Waals surface area contributed by atoms with E-state index in [1.165, 1.54) is 0 Å². The molecule has 0 unspecified atom stereocenters. The van der Waals surface area contributed by atoms with Crippen molar-refractivity contribution in [3.05, 3.63) is 32.2 Å². The van der Waals surface area contributed by atoms with Gasteiger partial charge < -0.3 is 10.7 Å². The van der Waals surface area contributed by atoms with Gasteiger partial charge in [0.25, 0.3) is 0 Å². The summed E-state index contributed by atoms with van der Waals surface area (Å²) in [6.45, 7) is 2.50. The van der Waals surface area contributed by atoms with Crippen LogP contribution in [-0.4, -0.2) is 9.97 Å². The van der Waals surface area contributed by atoms with Gasteiger partial charge in [0.05, 0.1) is 16.6 Å². The largest absolute Gasteiger partial charge is 0.362 e. The van der Waals surface area contributed by atoms with E-state index in [1.807, 2.05) is 12.3 Å². The molecule has 0 atom stereocenters. The van der Waals surface area contributed by atoms with E-state index >= 15 is 0 Å². The molecule has 0 aliphatic carbocycles. The number of anilines is 2. The average molecular weight is 304 g/mol. The van der Waals surface area contributed by atoms with Crippen molar-refractivity contribution >= 4 is 46.2 Å². The molecule has 2 heterocycles. The van der Waals surface area contributed by atoms with Gasteiger partial charge in [-0.25, -0.2) is 15.8 Å². The fourth-order valence-corrected chi connectivity index (χ4v) is 2.53. The second kappa shape index (κ2) is 5.71. The number of halogens is 2. The first-order valence-corrected chi connectivity index (χ1v) is 6.71. The molecule has 96 valence electrons. The zero-order valence-corrected chi connectivity index (χ0v) is 11.8. The van der Waals surface area contributed by atoms with E-state index in [9.17, 15) is 0 Å². The molecule has 0 saturated heterocycles. The molecule has 0 aliphatic heterocycles. The maximum absolute atomic E-state index is 6.03. The minimum absolute atomic E-state index is 0.373. The molecule has 5 nitrogen and oxygen atoms in total. The maximum atomic E-state index is 6.03. The Hall–Kier alpha value is -1.08. The SMILES string of the molecule is Cc1csc(CNc2nc(NN)c(Cl)cc2Cl)n1. The standard InChI is InChI=1S/C10H11Cl2N5S/c1-5-4-18-8(15-5)3-14-9-6(11)2-7(12)10(16-9)17-13/h2,4H,3,13H2,1H3,(H2,14,16,17). The molecule has 0 bridgehead atoms. The summed E-state index contributed by atoms with van der Waals surface area (Å²) in [6.07, 6.45) is 0. The third-order valence-corrected chi connectivity index (χ3v) is 3.68. The predicted octanol–water partition coefficient (Wildman–Crippen LogP) is 3.05. The van der Waals surface area contributed by atoms with Crippen molar-refractivity contribution in [3.63, 3.8) is 0 Å². The van der Waals surface area contributed by atoms with Gasteiger partial charge in [-0.15, -0.1) is 11.3 Å². The van der Waals surface area contributed by atoms with E-state index in [2.05, 4.69) is 20.7 Å². The first kappa shape index (κ1) is 13.4. The lowest BCUT2D eigenvalue weighted by Gasteiger charge is -2.09. The van der Waals surface area contributed by atoms with Gasteiger partial charge in [-0.2, -0.15) is 0 Å². The zero-order chi connectivity index (χ0) is 13.1. The number of nitrogen functional groups attached to an aromatic ring is 1. The minimum Gasteiger partial charge on any atom is -0.362 e. The molecular weight excluding hydrogens is 293 g/mol. The predicted molar refractivity (Wildman–Crippen MR) is 76.2 cm³/mol. The van der Waals surface area contributed by atoms with Crippen LogP contribution >= 0.6 is 34.5 Å². The molecule has 0 fully saturated rings. The van der Waals surface area contributed by atoms with Gasteiger partial charge >= 0.3 is 0 Å². The van der Waals surface area contributed by atoms with Crippen molar-refractivity contribution in [2.24, 2.45) is 5.84 Å². The van der Waals surface area contributed by atoms with Crippen LogP contribution in [0.4, 0.5) is 11.6 Å². The van der Waals surface area contributed by atoms with E-state index in [1.54, 1.807) is 17.4 Å². The molecule has 0 spiro atoms. The Labute approximate surface area is 118 Å². The van der Waals surface area contributed by atoms with Crippen LogP contribution in [0, 0.1) is 6.92 Å². The average Bonchev–Trinajstić information content (AvgIpc) is 2.74. The quantitative estimate of drug-likeness (QED) is 0.598. The Bertz CT molecular complexity index is 557. The number of nitrogens with two attached hydrogens (primary N) is 1. The van der Waals surface area contributed by atoms with Crippen LogP contribution in [0.25, 0.3) is 0 Å². The van der Waals surface area contributed by atoms with Gasteiger partial charge in [0.15, 0.2) is 5.82 Å². The van der Waals surface area contributed by atoms with Gasteiger partial charge in [0.1, 0.15) is 10.8 Å². The normalized spacial score (nSPS) is 10.4. The Balaban J connectivity index is 2.13. The first-order valence-electron chi connectivity index (χ1n) is 5.07. The van der Waals surface area contributed by atoms with Crippen molar-refractivity contribution in [2.45, 2.75) is 13.5 Å². The van der Waals surface area contributed by atoms with Crippen LogP contribution in [0.2, 0.25) is 10.0 Å². The van der Waals surface area contributed by atoms with Gasteiger partial charge in [0.2, 0.25) is 0 Å². The number of pyridine rings is 1. The fraction of sp³-hybridized carbons (Fsp3) is 0.200. The highest BCUT2D eigenvalue weighted by Crippen LogP contribution is 2.29. The molecule has 0 aromatic carbocycles. The molecule has 18 heavy (non-hydrogen) atoms. The Morgan fingerprint density at radius 3 is 2.61 bits per heavy atom.